The summed E-state index contributed by atoms with van der Waals surface area (Å²) < 4.78 is 0. The average molecular weight is 194 g/mol. The van der Waals surface area contributed by atoms with E-state index in [1.165, 1.54) is 0 Å². The quantitative estimate of drug-likeness (QED) is 0.677. The molecule has 0 aliphatic carbocycles. The third-order valence-corrected chi connectivity index (χ3v) is 2.51. The first-order valence-electron chi connectivity index (χ1n) is 4.83. The number of aromatic nitrogens is 1. The lowest BCUT2D eigenvalue weighted by atomic mass is 10.1. The third kappa shape index (κ3) is 1.71. The van der Waals surface area contributed by atoms with E-state index in [0.29, 0.717) is 6.42 Å². The van der Waals surface area contributed by atoms with Gasteiger partial charge in [-0.1, -0.05) is 6.07 Å². The molecule has 2 heterocycles. The van der Waals surface area contributed by atoms with Gasteiger partial charge in [-0.05, 0) is 25.0 Å². The molecule has 4 heteroatoms. The van der Waals surface area contributed by atoms with Crippen molar-refractivity contribution in [2.24, 2.45) is 0 Å². The number of piperidine rings is 1. The van der Waals surface area contributed by atoms with E-state index in [2.05, 4.69) is 4.98 Å². The van der Waals surface area contributed by atoms with Gasteiger partial charge in [0.15, 0.2) is 6.23 Å². The Kier molecular flexibility index (Phi) is 2.65. The maximum atomic E-state index is 9.73. The van der Waals surface area contributed by atoms with Gasteiger partial charge in [-0.3, -0.25) is 0 Å². The number of aliphatic hydroxyl groups excluding tert-OH is 2. The molecule has 1 aliphatic rings. The van der Waals surface area contributed by atoms with Gasteiger partial charge in [-0.25, -0.2) is 4.98 Å². The summed E-state index contributed by atoms with van der Waals surface area (Å²) >= 11 is 0. The Bertz CT molecular complexity index is 291. The second-order valence-corrected chi connectivity index (χ2v) is 3.50. The molecule has 1 saturated heterocycles. The van der Waals surface area contributed by atoms with E-state index in [1.807, 2.05) is 18.2 Å². The van der Waals surface area contributed by atoms with Gasteiger partial charge in [0, 0.05) is 12.7 Å². The molecule has 2 rings (SSSR count). The Morgan fingerprint density at radius 2 is 2.21 bits per heavy atom. The fourth-order valence-corrected chi connectivity index (χ4v) is 1.73. The molecule has 0 amide bonds. The molecule has 0 bridgehead atoms. The number of rotatable bonds is 1. The van der Waals surface area contributed by atoms with Crippen LogP contribution >= 0.6 is 0 Å². The van der Waals surface area contributed by atoms with Crippen LogP contribution in [0.3, 0.4) is 0 Å². The largest absolute Gasteiger partial charge is 0.388 e. The van der Waals surface area contributed by atoms with Crippen LogP contribution in [-0.2, 0) is 0 Å². The van der Waals surface area contributed by atoms with Crippen LogP contribution in [0.5, 0.6) is 0 Å². The summed E-state index contributed by atoms with van der Waals surface area (Å²) in [5.74, 6) is 0.721. The first kappa shape index (κ1) is 9.43. The maximum absolute atomic E-state index is 9.73. The Morgan fingerprint density at radius 3 is 2.93 bits per heavy atom. The molecule has 4 nitrogen and oxygen atoms in total. The predicted molar refractivity (Wildman–Crippen MR) is 52.8 cm³/mol. The second-order valence-electron chi connectivity index (χ2n) is 3.50. The summed E-state index contributed by atoms with van der Waals surface area (Å²) in [4.78, 5) is 5.87. The van der Waals surface area contributed by atoms with Crippen molar-refractivity contribution >= 4 is 5.82 Å². The second kappa shape index (κ2) is 3.94. The summed E-state index contributed by atoms with van der Waals surface area (Å²) in [5.41, 5.74) is 0. The average Bonchev–Trinajstić information content (AvgIpc) is 2.23. The summed E-state index contributed by atoms with van der Waals surface area (Å²) in [6, 6.07) is 5.54. The lowest BCUT2D eigenvalue weighted by Crippen LogP contribution is -2.48. The number of hydrogen-bond acceptors (Lipinski definition) is 4. The first-order valence-corrected chi connectivity index (χ1v) is 4.83. The Labute approximate surface area is 82.8 Å². The van der Waals surface area contributed by atoms with Crippen molar-refractivity contribution in [3.63, 3.8) is 0 Å². The highest BCUT2D eigenvalue weighted by molar-refractivity contribution is 5.39. The minimum atomic E-state index is -0.821. The van der Waals surface area contributed by atoms with Gasteiger partial charge in [0.25, 0.3) is 0 Å². The zero-order chi connectivity index (χ0) is 9.97. The molecule has 1 aromatic heterocycles. The van der Waals surface area contributed by atoms with Crippen LogP contribution in [-0.4, -0.2) is 34.1 Å². The fraction of sp³-hybridized carbons (Fsp3) is 0.500. The summed E-state index contributed by atoms with van der Waals surface area (Å²) in [5, 5.41) is 19.2. The SMILES string of the molecule is O[C@@H]1CCCN(c2ccccn2)[C@@H]1O. The van der Waals surface area contributed by atoms with E-state index < -0.39 is 12.3 Å². The molecule has 0 saturated carbocycles. The van der Waals surface area contributed by atoms with E-state index in [0.717, 1.165) is 18.8 Å². The van der Waals surface area contributed by atoms with Gasteiger partial charge in [0.1, 0.15) is 5.82 Å². The number of pyridine rings is 1. The molecule has 1 aromatic rings. The van der Waals surface area contributed by atoms with E-state index in [4.69, 9.17) is 0 Å². The highest BCUT2D eigenvalue weighted by Crippen LogP contribution is 2.21. The lowest BCUT2D eigenvalue weighted by molar-refractivity contribution is -0.00225. The van der Waals surface area contributed by atoms with Gasteiger partial charge in [0.05, 0.1) is 6.10 Å². The Balaban J connectivity index is 2.17. The zero-order valence-electron chi connectivity index (χ0n) is 7.87. The van der Waals surface area contributed by atoms with Crippen molar-refractivity contribution in [2.75, 3.05) is 11.4 Å². The zero-order valence-corrected chi connectivity index (χ0v) is 7.87. The van der Waals surface area contributed by atoms with E-state index in [1.54, 1.807) is 11.1 Å². The molecule has 2 atom stereocenters. The first-order chi connectivity index (χ1) is 6.79. The van der Waals surface area contributed by atoms with Gasteiger partial charge in [0.2, 0.25) is 0 Å². The van der Waals surface area contributed by atoms with E-state index in [-0.39, 0.29) is 0 Å². The molecule has 0 radical (unpaired) electrons. The van der Waals surface area contributed by atoms with Gasteiger partial charge < -0.3 is 15.1 Å². The van der Waals surface area contributed by atoms with Crippen LogP contribution < -0.4 is 4.90 Å². The van der Waals surface area contributed by atoms with E-state index >= 15 is 0 Å². The monoisotopic (exact) mass is 194 g/mol. The van der Waals surface area contributed by atoms with Crippen LogP contribution in [0.1, 0.15) is 12.8 Å². The van der Waals surface area contributed by atoms with Crippen molar-refractivity contribution in [1.82, 2.24) is 4.98 Å². The highest BCUT2D eigenvalue weighted by Gasteiger charge is 2.28. The third-order valence-electron chi connectivity index (χ3n) is 2.51. The van der Waals surface area contributed by atoms with Crippen molar-refractivity contribution in [1.29, 1.82) is 0 Å². The smallest absolute Gasteiger partial charge is 0.154 e. The van der Waals surface area contributed by atoms with Crippen LogP contribution in [0.2, 0.25) is 0 Å². The van der Waals surface area contributed by atoms with Gasteiger partial charge >= 0.3 is 0 Å². The van der Waals surface area contributed by atoms with Crippen LogP contribution in [0.4, 0.5) is 5.82 Å². The van der Waals surface area contributed by atoms with Gasteiger partial charge in [-0.2, -0.15) is 0 Å². The van der Waals surface area contributed by atoms with Gasteiger partial charge in [-0.15, -0.1) is 0 Å². The molecule has 1 aliphatic heterocycles. The van der Waals surface area contributed by atoms with Crippen molar-refractivity contribution in [2.45, 2.75) is 25.2 Å². The summed E-state index contributed by atoms with van der Waals surface area (Å²) in [6.45, 7) is 0.745. The highest BCUT2D eigenvalue weighted by atomic mass is 16.3. The molecule has 1 fully saturated rings. The van der Waals surface area contributed by atoms with Crippen LogP contribution in [0.15, 0.2) is 24.4 Å². The summed E-state index contributed by atoms with van der Waals surface area (Å²) in [6.07, 6.45) is 1.74. The molecular weight excluding hydrogens is 180 g/mol. The van der Waals surface area contributed by atoms with Crippen molar-refractivity contribution in [3.05, 3.63) is 24.4 Å². The van der Waals surface area contributed by atoms with Crippen molar-refractivity contribution < 1.29 is 10.2 Å². The predicted octanol–water partition coefficient (Wildman–Crippen LogP) is 0.361. The molecular formula is C10H14N2O2. The van der Waals surface area contributed by atoms with Crippen LogP contribution in [0, 0.1) is 0 Å². The topological polar surface area (TPSA) is 56.6 Å². The Morgan fingerprint density at radius 1 is 1.36 bits per heavy atom. The molecule has 2 N–H and O–H groups in total. The summed E-state index contributed by atoms with van der Waals surface area (Å²) in [7, 11) is 0. The molecule has 0 spiro atoms. The Hall–Kier alpha value is -1.13. The molecule has 0 aromatic carbocycles. The number of nitrogens with zero attached hydrogens (tertiary/aromatic N) is 2. The van der Waals surface area contributed by atoms with E-state index in [9.17, 15) is 10.2 Å². The minimum absolute atomic E-state index is 0.657. The number of anilines is 1. The molecule has 0 unspecified atom stereocenters. The van der Waals surface area contributed by atoms with Crippen molar-refractivity contribution in [3.8, 4) is 0 Å². The maximum Gasteiger partial charge on any atom is 0.154 e. The fourth-order valence-electron chi connectivity index (χ4n) is 1.73. The normalized spacial score (nSPS) is 27.7. The molecule has 76 valence electrons. The lowest BCUT2D eigenvalue weighted by Gasteiger charge is -2.36. The van der Waals surface area contributed by atoms with Crippen LogP contribution in [0.25, 0.3) is 0 Å². The molecule has 14 heavy (non-hydrogen) atoms. The minimum Gasteiger partial charge on any atom is -0.388 e. The standard InChI is InChI=1S/C10H14N2O2/c13-8-4-3-7-12(10(8)14)9-5-1-2-6-11-9/h1-2,5-6,8,10,13-14H,3-4,7H2/t8-,10-/m1/s1. The number of hydrogen-bond donors (Lipinski definition) is 2. The number of aliphatic hydroxyl groups is 2.